The van der Waals surface area contributed by atoms with Gasteiger partial charge in [-0.2, -0.15) is 0 Å². The van der Waals surface area contributed by atoms with Gasteiger partial charge in [0.05, 0.1) is 4.88 Å². The Morgan fingerprint density at radius 1 is 1.47 bits per heavy atom. The molecule has 0 saturated carbocycles. The van der Waals surface area contributed by atoms with Crippen LogP contribution in [0.5, 0.6) is 0 Å². The standard InChI is InChI=1S/C10H16ClN3S/c1-2-12-7-8-9(11)13-10(15-8)14-5-3-4-6-14/h12H,2-7H2,1H3. The maximum absolute atomic E-state index is 6.09. The zero-order valence-electron chi connectivity index (χ0n) is 8.92. The molecule has 0 aromatic carbocycles. The minimum absolute atomic E-state index is 0.669. The molecular weight excluding hydrogens is 230 g/mol. The second-order valence-electron chi connectivity index (χ2n) is 3.68. The van der Waals surface area contributed by atoms with E-state index in [1.807, 2.05) is 0 Å². The maximum Gasteiger partial charge on any atom is 0.187 e. The molecule has 0 unspecified atom stereocenters. The average Bonchev–Trinajstić information content (AvgIpc) is 2.83. The average molecular weight is 246 g/mol. The van der Waals surface area contributed by atoms with Crippen LogP contribution >= 0.6 is 22.9 Å². The van der Waals surface area contributed by atoms with E-state index in [1.165, 1.54) is 12.8 Å². The predicted molar refractivity (Wildman–Crippen MR) is 66.0 cm³/mol. The minimum atomic E-state index is 0.669. The third kappa shape index (κ3) is 2.62. The number of hydrogen-bond donors (Lipinski definition) is 1. The summed E-state index contributed by atoms with van der Waals surface area (Å²) in [6.07, 6.45) is 2.56. The Morgan fingerprint density at radius 2 is 2.20 bits per heavy atom. The summed E-state index contributed by atoms with van der Waals surface area (Å²) in [5, 5.41) is 5.03. The van der Waals surface area contributed by atoms with E-state index >= 15 is 0 Å². The summed E-state index contributed by atoms with van der Waals surface area (Å²) in [5.41, 5.74) is 0. The van der Waals surface area contributed by atoms with Crippen molar-refractivity contribution < 1.29 is 0 Å². The van der Waals surface area contributed by atoms with Crippen LogP contribution in [0, 0.1) is 0 Å². The minimum Gasteiger partial charge on any atom is -0.348 e. The molecule has 1 N–H and O–H groups in total. The Hall–Kier alpha value is -0.320. The monoisotopic (exact) mass is 245 g/mol. The number of rotatable bonds is 4. The second-order valence-corrected chi connectivity index (χ2v) is 5.10. The van der Waals surface area contributed by atoms with Crippen LogP contribution in [-0.4, -0.2) is 24.6 Å². The molecule has 2 rings (SSSR count). The Bertz CT molecular complexity index is 320. The highest BCUT2D eigenvalue weighted by atomic mass is 35.5. The highest BCUT2D eigenvalue weighted by molar-refractivity contribution is 7.16. The van der Waals surface area contributed by atoms with Crippen molar-refractivity contribution in [3.8, 4) is 0 Å². The molecule has 1 saturated heterocycles. The van der Waals surface area contributed by atoms with Crippen LogP contribution < -0.4 is 10.2 Å². The molecule has 0 amide bonds. The van der Waals surface area contributed by atoms with Gasteiger partial charge < -0.3 is 10.2 Å². The summed E-state index contributed by atoms with van der Waals surface area (Å²) in [7, 11) is 0. The Balaban J connectivity index is 2.06. The molecule has 0 bridgehead atoms. The molecule has 2 heterocycles. The van der Waals surface area contributed by atoms with Crippen molar-refractivity contribution in [2.75, 3.05) is 24.5 Å². The van der Waals surface area contributed by atoms with Crippen LogP contribution in [0.1, 0.15) is 24.6 Å². The van der Waals surface area contributed by atoms with Crippen molar-refractivity contribution in [3.63, 3.8) is 0 Å². The second kappa shape index (κ2) is 5.14. The van der Waals surface area contributed by atoms with Crippen LogP contribution in [0.15, 0.2) is 0 Å². The Kier molecular flexibility index (Phi) is 3.83. The van der Waals surface area contributed by atoms with Gasteiger partial charge in [-0.15, -0.1) is 0 Å². The molecule has 1 aliphatic rings. The number of anilines is 1. The molecule has 0 radical (unpaired) electrons. The molecule has 0 spiro atoms. The molecule has 1 fully saturated rings. The zero-order valence-corrected chi connectivity index (χ0v) is 10.5. The summed E-state index contributed by atoms with van der Waals surface area (Å²) >= 11 is 7.81. The first-order valence-corrected chi connectivity index (χ1v) is 6.61. The van der Waals surface area contributed by atoms with E-state index < -0.39 is 0 Å². The molecule has 0 atom stereocenters. The quantitative estimate of drug-likeness (QED) is 0.884. The van der Waals surface area contributed by atoms with Crippen LogP contribution in [0.2, 0.25) is 5.15 Å². The summed E-state index contributed by atoms with van der Waals surface area (Å²) in [5.74, 6) is 0. The molecule has 15 heavy (non-hydrogen) atoms. The van der Waals surface area contributed by atoms with Gasteiger partial charge in [-0.05, 0) is 19.4 Å². The van der Waals surface area contributed by atoms with Gasteiger partial charge in [0, 0.05) is 19.6 Å². The normalized spacial score (nSPS) is 16.3. The lowest BCUT2D eigenvalue weighted by Crippen LogP contribution is -2.16. The lowest BCUT2D eigenvalue weighted by Gasteiger charge is -2.11. The third-order valence-corrected chi connectivity index (χ3v) is 4.09. The summed E-state index contributed by atoms with van der Waals surface area (Å²) in [4.78, 5) is 7.89. The fourth-order valence-electron chi connectivity index (χ4n) is 1.71. The Labute approximate surface area is 99.5 Å². The van der Waals surface area contributed by atoms with Crippen molar-refractivity contribution in [2.45, 2.75) is 26.3 Å². The molecular formula is C10H16ClN3S. The van der Waals surface area contributed by atoms with Crippen LogP contribution in [0.4, 0.5) is 5.13 Å². The molecule has 0 aliphatic carbocycles. The molecule has 1 aliphatic heterocycles. The predicted octanol–water partition coefficient (Wildman–Crippen LogP) is 2.51. The summed E-state index contributed by atoms with van der Waals surface area (Å²) in [6, 6.07) is 0. The van der Waals surface area contributed by atoms with E-state index in [0.717, 1.165) is 36.2 Å². The topological polar surface area (TPSA) is 28.2 Å². The van der Waals surface area contributed by atoms with Gasteiger partial charge in [0.2, 0.25) is 0 Å². The van der Waals surface area contributed by atoms with E-state index in [0.29, 0.717) is 5.15 Å². The van der Waals surface area contributed by atoms with E-state index in [-0.39, 0.29) is 0 Å². The van der Waals surface area contributed by atoms with Crippen molar-refractivity contribution in [2.24, 2.45) is 0 Å². The number of hydrogen-bond acceptors (Lipinski definition) is 4. The fraction of sp³-hybridized carbons (Fsp3) is 0.700. The van der Waals surface area contributed by atoms with E-state index in [1.54, 1.807) is 11.3 Å². The Morgan fingerprint density at radius 3 is 2.87 bits per heavy atom. The van der Waals surface area contributed by atoms with E-state index in [9.17, 15) is 0 Å². The first-order chi connectivity index (χ1) is 7.31. The highest BCUT2D eigenvalue weighted by Crippen LogP contribution is 2.31. The number of aromatic nitrogens is 1. The van der Waals surface area contributed by atoms with Crippen LogP contribution in [0.25, 0.3) is 0 Å². The van der Waals surface area contributed by atoms with Gasteiger partial charge in [0.15, 0.2) is 5.13 Å². The zero-order chi connectivity index (χ0) is 10.7. The molecule has 1 aromatic rings. The van der Waals surface area contributed by atoms with Crippen LogP contribution in [-0.2, 0) is 6.54 Å². The van der Waals surface area contributed by atoms with E-state index in [4.69, 9.17) is 11.6 Å². The smallest absolute Gasteiger partial charge is 0.187 e. The SMILES string of the molecule is CCNCc1sc(N2CCCC2)nc1Cl. The van der Waals surface area contributed by atoms with Crippen molar-refractivity contribution >= 4 is 28.1 Å². The van der Waals surface area contributed by atoms with Crippen molar-refractivity contribution in [1.29, 1.82) is 0 Å². The largest absolute Gasteiger partial charge is 0.348 e. The maximum atomic E-state index is 6.09. The number of nitrogens with one attached hydrogen (secondary N) is 1. The first-order valence-electron chi connectivity index (χ1n) is 5.42. The van der Waals surface area contributed by atoms with Gasteiger partial charge >= 0.3 is 0 Å². The van der Waals surface area contributed by atoms with Crippen molar-refractivity contribution in [1.82, 2.24) is 10.3 Å². The summed E-state index contributed by atoms with van der Waals surface area (Å²) in [6.45, 7) is 6.15. The van der Waals surface area contributed by atoms with Crippen molar-refractivity contribution in [3.05, 3.63) is 10.0 Å². The van der Waals surface area contributed by atoms with Gasteiger partial charge in [0.1, 0.15) is 5.15 Å². The molecule has 5 heteroatoms. The highest BCUT2D eigenvalue weighted by Gasteiger charge is 2.17. The molecule has 84 valence electrons. The molecule has 1 aromatic heterocycles. The summed E-state index contributed by atoms with van der Waals surface area (Å²) < 4.78 is 0. The number of halogens is 1. The number of nitrogens with zero attached hydrogens (tertiary/aromatic N) is 2. The number of thiazole rings is 1. The first kappa shape index (κ1) is 11.2. The van der Waals surface area contributed by atoms with Gasteiger partial charge in [0.25, 0.3) is 0 Å². The van der Waals surface area contributed by atoms with Crippen LogP contribution in [0.3, 0.4) is 0 Å². The van der Waals surface area contributed by atoms with E-state index in [2.05, 4.69) is 22.1 Å². The molecule has 3 nitrogen and oxygen atoms in total. The van der Waals surface area contributed by atoms with Gasteiger partial charge in [-0.25, -0.2) is 4.98 Å². The lowest BCUT2D eigenvalue weighted by molar-refractivity contribution is 0.734. The fourth-order valence-corrected chi connectivity index (χ4v) is 3.00. The lowest BCUT2D eigenvalue weighted by atomic mass is 10.4. The third-order valence-electron chi connectivity index (χ3n) is 2.55. The van der Waals surface area contributed by atoms with Gasteiger partial charge in [-0.3, -0.25) is 0 Å². The van der Waals surface area contributed by atoms with Gasteiger partial charge in [-0.1, -0.05) is 29.9 Å².